The standard InChI is InChI=1S/C16H26N2O2/c1-5-18(11-13(4)10-17)16(19)14-7-6-8-15(9-14)20-12(2)3/h6-9,12-13H,5,10-11,17H2,1-4H3. The second-order valence-corrected chi connectivity index (χ2v) is 5.38. The Morgan fingerprint density at radius 1 is 1.35 bits per heavy atom. The van der Waals surface area contributed by atoms with E-state index in [-0.39, 0.29) is 12.0 Å². The topological polar surface area (TPSA) is 55.6 Å². The highest BCUT2D eigenvalue weighted by molar-refractivity contribution is 5.94. The van der Waals surface area contributed by atoms with E-state index in [1.807, 2.05) is 50.8 Å². The SMILES string of the molecule is CCN(CC(C)CN)C(=O)c1cccc(OC(C)C)c1. The summed E-state index contributed by atoms with van der Waals surface area (Å²) in [4.78, 5) is 14.3. The maximum absolute atomic E-state index is 12.5. The van der Waals surface area contributed by atoms with Crippen molar-refractivity contribution in [3.8, 4) is 5.75 Å². The van der Waals surface area contributed by atoms with Crippen LogP contribution in [0.5, 0.6) is 5.75 Å². The molecule has 0 aliphatic carbocycles. The summed E-state index contributed by atoms with van der Waals surface area (Å²) >= 11 is 0. The highest BCUT2D eigenvalue weighted by Crippen LogP contribution is 2.17. The molecule has 0 radical (unpaired) electrons. The smallest absolute Gasteiger partial charge is 0.253 e. The van der Waals surface area contributed by atoms with Crippen molar-refractivity contribution >= 4 is 5.91 Å². The van der Waals surface area contributed by atoms with Gasteiger partial charge in [-0.25, -0.2) is 0 Å². The summed E-state index contributed by atoms with van der Waals surface area (Å²) in [5.41, 5.74) is 6.30. The van der Waals surface area contributed by atoms with Gasteiger partial charge in [0.15, 0.2) is 0 Å². The molecule has 0 spiro atoms. The minimum absolute atomic E-state index is 0.0296. The molecule has 0 heterocycles. The zero-order valence-electron chi connectivity index (χ0n) is 12.9. The van der Waals surface area contributed by atoms with Crippen LogP contribution in [0.15, 0.2) is 24.3 Å². The van der Waals surface area contributed by atoms with Crippen molar-refractivity contribution in [3.05, 3.63) is 29.8 Å². The lowest BCUT2D eigenvalue weighted by molar-refractivity contribution is 0.0743. The molecule has 0 bridgehead atoms. The van der Waals surface area contributed by atoms with Crippen molar-refractivity contribution in [2.45, 2.75) is 33.8 Å². The van der Waals surface area contributed by atoms with E-state index in [1.54, 1.807) is 6.07 Å². The summed E-state index contributed by atoms with van der Waals surface area (Å²) in [6.45, 7) is 9.91. The van der Waals surface area contributed by atoms with E-state index in [0.717, 1.165) is 5.75 Å². The van der Waals surface area contributed by atoms with Crippen LogP contribution in [-0.4, -0.2) is 36.5 Å². The van der Waals surface area contributed by atoms with Gasteiger partial charge < -0.3 is 15.4 Å². The molecule has 0 aliphatic heterocycles. The van der Waals surface area contributed by atoms with Gasteiger partial charge in [-0.2, -0.15) is 0 Å². The average molecular weight is 278 g/mol. The van der Waals surface area contributed by atoms with Gasteiger partial charge in [0.05, 0.1) is 6.10 Å². The van der Waals surface area contributed by atoms with E-state index >= 15 is 0 Å². The second kappa shape index (κ2) is 7.90. The Kier molecular flexibility index (Phi) is 6.52. The first kappa shape index (κ1) is 16.5. The highest BCUT2D eigenvalue weighted by Gasteiger charge is 2.16. The Balaban J connectivity index is 2.83. The third kappa shape index (κ3) is 4.85. The molecule has 0 saturated heterocycles. The third-order valence-electron chi connectivity index (χ3n) is 3.06. The molecule has 0 saturated carbocycles. The average Bonchev–Trinajstić information content (AvgIpc) is 2.43. The number of amides is 1. The normalized spacial score (nSPS) is 12.3. The third-order valence-corrected chi connectivity index (χ3v) is 3.06. The minimum Gasteiger partial charge on any atom is -0.491 e. The number of nitrogens with zero attached hydrogens (tertiary/aromatic N) is 1. The predicted octanol–water partition coefficient (Wildman–Crippen LogP) is 2.53. The molecule has 112 valence electrons. The summed E-state index contributed by atoms with van der Waals surface area (Å²) in [7, 11) is 0. The number of benzene rings is 1. The van der Waals surface area contributed by atoms with E-state index in [0.29, 0.717) is 31.1 Å². The van der Waals surface area contributed by atoms with Gasteiger partial charge in [0.1, 0.15) is 5.75 Å². The van der Waals surface area contributed by atoms with E-state index in [9.17, 15) is 4.79 Å². The zero-order valence-corrected chi connectivity index (χ0v) is 12.9. The molecular weight excluding hydrogens is 252 g/mol. The molecule has 0 aromatic heterocycles. The molecule has 2 N–H and O–H groups in total. The van der Waals surface area contributed by atoms with Crippen LogP contribution in [0.3, 0.4) is 0 Å². The van der Waals surface area contributed by atoms with Crippen LogP contribution >= 0.6 is 0 Å². The monoisotopic (exact) mass is 278 g/mol. The summed E-state index contributed by atoms with van der Waals surface area (Å²) < 4.78 is 5.63. The Labute approximate surface area is 121 Å². The van der Waals surface area contributed by atoms with Crippen LogP contribution in [0.4, 0.5) is 0 Å². The molecule has 4 nitrogen and oxygen atoms in total. The number of carbonyl (C=O) groups is 1. The van der Waals surface area contributed by atoms with Crippen LogP contribution in [0, 0.1) is 5.92 Å². The van der Waals surface area contributed by atoms with Crippen molar-refractivity contribution in [1.29, 1.82) is 0 Å². The largest absolute Gasteiger partial charge is 0.491 e. The van der Waals surface area contributed by atoms with Gasteiger partial charge in [0.25, 0.3) is 5.91 Å². The zero-order chi connectivity index (χ0) is 15.1. The van der Waals surface area contributed by atoms with Crippen molar-refractivity contribution in [2.75, 3.05) is 19.6 Å². The van der Waals surface area contributed by atoms with Crippen LogP contribution in [-0.2, 0) is 0 Å². The van der Waals surface area contributed by atoms with E-state index in [1.165, 1.54) is 0 Å². The quantitative estimate of drug-likeness (QED) is 0.834. The van der Waals surface area contributed by atoms with Gasteiger partial charge in [-0.15, -0.1) is 0 Å². The lowest BCUT2D eigenvalue weighted by Crippen LogP contribution is -2.36. The van der Waals surface area contributed by atoms with Crippen LogP contribution in [0.25, 0.3) is 0 Å². The molecular formula is C16H26N2O2. The fraction of sp³-hybridized carbons (Fsp3) is 0.562. The summed E-state index contributed by atoms with van der Waals surface area (Å²) in [6, 6.07) is 7.35. The summed E-state index contributed by atoms with van der Waals surface area (Å²) in [5.74, 6) is 1.06. The maximum Gasteiger partial charge on any atom is 0.253 e. The van der Waals surface area contributed by atoms with Crippen molar-refractivity contribution in [3.63, 3.8) is 0 Å². The Morgan fingerprint density at radius 3 is 2.60 bits per heavy atom. The lowest BCUT2D eigenvalue weighted by atomic mass is 10.1. The lowest BCUT2D eigenvalue weighted by Gasteiger charge is -2.24. The molecule has 1 atom stereocenters. The van der Waals surface area contributed by atoms with Crippen LogP contribution < -0.4 is 10.5 Å². The first-order valence-corrected chi connectivity index (χ1v) is 7.24. The van der Waals surface area contributed by atoms with E-state index < -0.39 is 0 Å². The van der Waals surface area contributed by atoms with Gasteiger partial charge in [-0.05, 0) is 51.4 Å². The Bertz CT molecular complexity index is 432. The molecule has 1 aromatic rings. The van der Waals surface area contributed by atoms with Crippen LogP contribution in [0.2, 0.25) is 0 Å². The molecule has 0 aliphatic rings. The number of rotatable bonds is 7. The maximum atomic E-state index is 12.5. The van der Waals surface area contributed by atoms with Crippen molar-refractivity contribution in [2.24, 2.45) is 11.7 Å². The number of hydrogen-bond donors (Lipinski definition) is 1. The second-order valence-electron chi connectivity index (χ2n) is 5.38. The molecule has 0 fully saturated rings. The van der Waals surface area contributed by atoms with Crippen molar-refractivity contribution < 1.29 is 9.53 Å². The minimum atomic E-state index is 0.0296. The first-order chi connectivity index (χ1) is 9.47. The van der Waals surface area contributed by atoms with Crippen LogP contribution in [0.1, 0.15) is 38.1 Å². The Morgan fingerprint density at radius 2 is 2.05 bits per heavy atom. The first-order valence-electron chi connectivity index (χ1n) is 7.24. The number of ether oxygens (including phenoxy) is 1. The molecule has 1 unspecified atom stereocenters. The molecule has 1 amide bonds. The van der Waals surface area contributed by atoms with Gasteiger partial charge in [0.2, 0.25) is 0 Å². The van der Waals surface area contributed by atoms with Gasteiger partial charge in [-0.3, -0.25) is 4.79 Å². The van der Waals surface area contributed by atoms with E-state index in [4.69, 9.17) is 10.5 Å². The summed E-state index contributed by atoms with van der Waals surface area (Å²) in [6.07, 6.45) is 0.0971. The van der Waals surface area contributed by atoms with E-state index in [2.05, 4.69) is 0 Å². The number of carbonyl (C=O) groups excluding carboxylic acids is 1. The van der Waals surface area contributed by atoms with Gasteiger partial charge in [0, 0.05) is 18.7 Å². The molecule has 1 rings (SSSR count). The van der Waals surface area contributed by atoms with Gasteiger partial charge >= 0.3 is 0 Å². The number of nitrogens with two attached hydrogens (primary N) is 1. The fourth-order valence-electron chi connectivity index (χ4n) is 1.96. The van der Waals surface area contributed by atoms with Crippen molar-refractivity contribution in [1.82, 2.24) is 4.90 Å². The number of hydrogen-bond acceptors (Lipinski definition) is 3. The molecule has 4 heteroatoms. The van der Waals surface area contributed by atoms with Gasteiger partial charge in [-0.1, -0.05) is 13.0 Å². The fourth-order valence-corrected chi connectivity index (χ4v) is 1.96. The molecule has 20 heavy (non-hydrogen) atoms. The highest BCUT2D eigenvalue weighted by atomic mass is 16.5. The summed E-state index contributed by atoms with van der Waals surface area (Å²) in [5, 5.41) is 0. The molecule has 1 aromatic carbocycles. The predicted molar refractivity (Wildman–Crippen MR) is 82.0 cm³/mol. The Hall–Kier alpha value is -1.55.